The van der Waals surface area contributed by atoms with Crippen LogP contribution in [0.2, 0.25) is 0 Å². The van der Waals surface area contributed by atoms with E-state index >= 15 is 0 Å². The molecule has 1 amide bonds. The van der Waals surface area contributed by atoms with E-state index in [1.807, 2.05) is 45.0 Å². The summed E-state index contributed by atoms with van der Waals surface area (Å²) < 4.78 is 3.80. The van der Waals surface area contributed by atoms with Crippen LogP contribution in [0.3, 0.4) is 0 Å². The number of carbonyl (C=O) groups is 1. The van der Waals surface area contributed by atoms with Gasteiger partial charge in [-0.25, -0.2) is 14.5 Å². The van der Waals surface area contributed by atoms with Crippen LogP contribution < -0.4 is 0 Å². The van der Waals surface area contributed by atoms with E-state index < -0.39 is 0 Å². The van der Waals surface area contributed by atoms with E-state index in [1.54, 1.807) is 10.6 Å². The molecule has 0 saturated carbocycles. The molecule has 4 heterocycles. The molecule has 4 rings (SSSR count). The molecule has 7 heteroatoms. The van der Waals surface area contributed by atoms with Crippen molar-refractivity contribution in [1.29, 1.82) is 0 Å². The van der Waals surface area contributed by atoms with Gasteiger partial charge in [0.15, 0.2) is 11.3 Å². The zero-order chi connectivity index (χ0) is 17.7. The van der Waals surface area contributed by atoms with Crippen LogP contribution in [0.5, 0.6) is 0 Å². The lowest BCUT2D eigenvalue weighted by Gasteiger charge is -2.15. The first-order valence-electron chi connectivity index (χ1n) is 8.55. The normalized spacial score (nSPS) is 17.6. The zero-order valence-corrected chi connectivity index (χ0v) is 15.0. The highest BCUT2D eigenvalue weighted by molar-refractivity contribution is 5.93. The largest absolute Gasteiger partial charge is 0.337 e. The second-order valence-corrected chi connectivity index (χ2v) is 6.93. The van der Waals surface area contributed by atoms with Crippen LogP contribution in [0.4, 0.5) is 0 Å². The van der Waals surface area contributed by atoms with Crippen molar-refractivity contribution in [3.05, 3.63) is 46.9 Å². The number of hydrogen-bond donors (Lipinski definition) is 0. The summed E-state index contributed by atoms with van der Waals surface area (Å²) in [6.07, 6.45) is 2.96. The molecule has 0 spiro atoms. The SMILES string of the molecule is Cc1cn(C)c([C@H]2CCN(C(=O)c3cc4nc(C)cc(C)n4n3)C2)n1. The highest BCUT2D eigenvalue weighted by Crippen LogP contribution is 2.27. The molecule has 130 valence electrons. The van der Waals surface area contributed by atoms with Gasteiger partial charge in [0.25, 0.3) is 5.91 Å². The van der Waals surface area contributed by atoms with Crippen LogP contribution in [-0.4, -0.2) is 48.0 Å². The second kappa shape index (κ2) is 5.68. The van der Waals surface area contributed by atoms with Crippen molar-refractivity contribution in [3.8, 4) is 0 Å². The van der Waals surface area contributed by atoms with E-state index in [2.05, 4.69) is 19.6 Å². The summed E-state index contributed by atoms with van der Waals surface area (Å²) >= 11 is 0. The summed E-state index contributed by atoms with van der Waals surface area (Å²) in [4.78, 5) is 23.8. The predicted molar refractivity (Wildman–Crippen MR) is 93.7 cm³/mol. The number of carbonyl (C=O) groups excluding carboxylic acids is 1. The van der Waals surface area contributed by atoms with Gasteiger partial charge >= 0.3 is 0 Å². The summed E-state index contributed by atoms with van der Waals surface area (Å²) in [5.74, 6) is 1.30. The molecule has 3 aromatic heterocycles. The molecule has 1 atom stereocenters. The molecule has 0 aliphatic carbocycles. The van der Waals surface area contributed by atoms with Crippen molar-refractivity contribution in [2.24, 2.45) is 7.05 Å². The minimum atomic E-state index is -0.0315. The van der Waals surface area contributed by atoms with Gasteiger partial charge in [0.1, 0.15) is 5.82 Å². The van der Waals surface area contributed by atoms with Crippen LogP contribution in [0.15, 0.2) is 18.3 Å². The molecule has 0 radical (unpaired) electrons. The molecule has 1 aliphatic rings. The first-order valence-corrected chi connectivity index (χ1v) is 8.55. The molecule has 0 bridgehead atoms. The first kappa shape index (κ1) is 15.8. The quantitative estimate of drug-likeness (QED) is 0.717. The maximum absolute atomic E-state index is 12.9. The molecular weight excluding hydrogens is 316 g/mol. The number of amides is 1. The van der Waals surface area contributed by atoms with Gasteiger partial charge in [-0.2, -0.15) is 5.10 Å². The maximum atomic E-state index is 12.9. The number of aromatic nitrogens is 5. The Labute approximate surface area is 146 Å². The smallest absolute Gasteiger partial charge is 0.274 e. The third-order valence-corrected chi connectivity index (χ3v) is 4.83. The first-order chi connectivity index (χ1) is 11.9. The lowest BCUT2D eigenvalue weighted by Crippen LogP contribution is -2.29. The number of nitrogens with zero attached hydrogens (tertiary/aromatic N) is 6. The van der Waals surface area contributed by atoms with Gasteiger partial charge < -0.3 is 9.47 Å². The fourth-order valence-corrected chi connectivity index (χ4v) is 3.72. The highest BCUT2D eigenvalue weighted by atomic mass is 16.2. The Morgan fingerprint density at radius 2 is 1.96 bits per heavy atom. The van der Waals surface area contributed by atoms with Crippen molar-refractivity contribution in [3.63, 3.8) is 0 Å². The Balaban J connectivity index is 1.58. The summed E-state index contributed by atoms with van der Waals surface area (Å²) in [6.45, 7) is 7.33. The van der Waals surface area contributed by atoms with Gasteiger partial charge in [-0.1, -0.05) is 0 Å². The molecule has 0 aromatic carbocycles. The predicted octanol–water partition coefficient (Wildman–Crippen LogP) is 2.02. The molecular formula is C18H22N6O. The van der Waals surface area contributed by atoms with Crippen molar-refractivity contribution < 1.29 is 4.79 Å². The fraction of sp³-hybridized carbons (Fsp3) is 0.444. The maximum Gasteiger partial charge on any atom is 0.274 e. The third kappa shape index (κ3) is 2.69. The summed E-state index contributed by atoms with van der Waals surface area (Å²) in [5, 5.41) is 4.46. The highest BCUT2D eigenvalue weighted by Gasteiger charge is 2.31. The minimum Gasteiger partial charge on any atom is -0.337 e. The lowest BCUT2D eigenvalue weighted by atomic mass is 10.1. The van der Waals surface area contributed by atoms with Gasteiger partial charge in [-0.05, 0) is 33.3 Å². The van der Waals surface area contributed by atoms with Gasteiger partial charge in [0.05, 0.1) is 5.69 Å². The molecule has 3 aromatic rings. The third-order valence-electron chi connectivity index (χ3n) is 4.83. The topological polar surface area (TPSA) is 68.3 Å². The zero-order valence-electron chi connectivity index (χ0n) is 15.0. The van der Waals surface area contributed by atoms with Gasteiger partial charge in [0.2, 0.25) is 0 Å². The van der Waals surface area contributed by atoms with Gasteiger partial charge in [-0.3, -0.25) is 4.79 Å². The number of aryl methyl sites for hydroxylation is 4. The van der Waals surface area contributed by atoms with Gasteiger partial charge in [0, 0.05) is 49.7 Å². The van der Waals surface area contributed by atoms with Crippen molar-refractivity contribution >= 4 is 11.6 Å². The van der Waals surface area contributed by atoms with E-state index in [0.717, 1.165) is 41.5 Å². The fourth-order valence-electron chi connectivity index (χ4n) is 3.72. The Kier molecular flexibility index (Phi) is 3.59. The Morgan fingerprint density at radius 1 is 1.16 bits per heavy atom. The molecule has 25 heavy (non-hydrogen) atoms. The number of rotatable bonds is 2. The monoisotopic (exact) mass is 338 g/mol. The average molecular weight is 338 g/mol. The number of fused-ring (bicyclic) bond motifs is 1. The van der Waals surface area contributed by atoms with Crippen molar-refractivity contribution in [2.45, 2.75) is 33.1 Å². The molecule has 0 N–H and O–H groups in total. The van der Waals surface area contributed by atoms with E-state index in [9.17, 15) is 4.79 Å². The lowest BCUT2D eigenvalue weighted by molar-refractivity contribution is 0.0784. The average Bonchev–Trinajstić information content (AvgIpc) is 3.24. The summed E-state index contributed by atoms with van der Waals surface area (Å²) in [6, 6.07) is 3.74. The van der Waals surface area contributed by atoms with E-state index in [1.165, 1.54) is 0 Å². The van der Waals surface area contributed by atoms with Crippen LogP contribution in [0.1, 0.15) is 45.7 Å². The van der Waals surface area contributed by atoms with Crippen molar-refractivity contribution in [2.75, 3.05) is 13.1 Å². The van der Waals surface area contributed by atoms with Gasteiger partial charge in [-0.15, -0.1) is 0 Å². The van der Waals surface area contributed by atoms with E-state index in [4.69, 9.17) is 0 Å². The molecule has 1 fully saturated rings. The molecule has 1 saturated heterocycles. The van der Waals surface area contributed by atoms with Crippen LogP contribution in [0.25, 0.3) is 5.65 Å². The minimum absolute atomic E-state index is 0.0315. The Bertz CT molecular complexity index is 970. The number of imidazole rings is 1. The Hall–Kier alpha value is -2.70. The summed E-state index contributed by atoms with van der Waals surface area (Å²) in [7, 11) is 2.01. The Morgan fingerprint density at radius 3 is 2.68 bits per heavy atom. The second-order valence-electron chi connectivity index (χ2n) is 6.93. The van der Waals surface area contributed by atoms with Crippen LogP contribution in [-0.2, 0) is 7.05 Å². The van der Waals surface area contributed by atoms with Crippen LogP contribution in [0, 0.1) is 20.8 Å². The summed E-state index contributed by atoms with van der Waals surface area (Å²) in [5.41, 5.74) is 4.09. The molecule has 1 aliphatic heterocycles. The standard InChI is InChI=1S/C18H22N6O/c1-11-7-13(3)24-16(19-11)8-15(21-24)18(25)23-6-5-14(10-23)17-20-12(2)9-22(17)4/h7-9,14H,5-6,10H2,1-4H3/t14-/m0/s1. The van der Waals surface area contributed by atoms with E-state index in [0.29, 0.717) is 12.2 Å². The van der Waals surface area contributed by atoms with Crippen LogP contribution >= 0.6 is 0 Å². The molecule has 7 nitrogen and oxygen atoms in total. The number of likely N-dealkylation sites (tertiary alicyclic amines) is 1. The number of hydrogen-bond acceptors (Lipinski definition) is 4. The molecule has 0 unspecified atom stereocenters. The van der Waals surface area contributed by atoms with Crippen molar-refractivity contribution in [1.82, 2.24) is 29.0 Å². The van der Waals surface area contributed by atoms with E-state index in [-0.39, 0.29) is 11.8 Å².